The van der Waals surface area contributed by atoms with E-state index in [1.807, 2.05) is 0 Å². The molecule has 4 bridgehead atoms. The molecule has 2 saturated carbocycles. The number of hydrogen-bond acceptors (Lipinski definition) is 3. The number of thiophene rings is 1. The van der Waals surface area contributed by atoms with Gasteiger partial charge in [0.15, 0.2) is 0 Å². The van der Waals surface area contributed by atoms with Crippen molar-refractivity contribution in [2.75, 3.05) is 9.80 Å². The van der Waals surface area contributed by atoms with Crippen LogP contribution in [0, 0.1) is 6.92 Å². The molecule has 7 aliphatic rings. The Hall–Kier alpha value is -4.28. The highest BCUT2D eigenvalue weighted by atomic mass is 32.1. The predicted octanol–water partition coefficient (Wildman–Crippen LogP) is 14.4. The first kappa shape index (κ1) is 39.1. The molecule has 5 aliphatic carbocycles. The van der Waals surface area contributed by atoms with Crippen LogP contribution in [-0.4, -0.2) is 6.71 Å². The molecule has 13 rings (SSSR count). The Balaban J connectivity index is 1.14. The summed E-state index contributed by atoms with van der Waals surface area (Å²) < 4.78 is 2.99. The van der Waals surface area contributed by atoms with Crippen LogP contribution < -0.4 is 25.5 Å². The van der Waals surface area contributed by atoms with Gasteiger partial charge in [0.1, 0.15) is 0 Å². The van der Waals surface area contributed by atoms with E-state index in [2.05, 4.69) is 183 Å². The molecule has 0 saturated heterocycles. The quantitative estimate of drug-likeness (QED) is 0.160. The Morgan fingerprint density at radius 1 is 0.524 bits per heavy atom. The molecule has 2 fully saturated rings. The van der Waals surface area contributed by atoms with Crippen LogP contribution in [0.4, 0.5) is 34.1 Å². The molecule has 4 heteroatoms. The van der Waals surface area contributed by atoms with Gasteiger partial charge < -0.3 is 9.80 Å². The van der Waals surface area contributed by atoms with Gasteiger partial charge in [-0.05, 0) is 206 Å². The van der Waals surface area contributed by atoms with Crippen molar-refractivity contribution in [3.05, 3.63) is 123 Å². The second kappa shape index (κ2) is 11.8. The molecule has 2 aliphatic heterocycles. The first-order chi connectivity index (χ1) is 29.6. The van der Waals surface area contributed by atoms with Gasteiger partial charge in [-0.15, -0.1) is 11.3 Å². The van der Waals surface area contributed by atoms with Crippen molar-refractivity contribution in [2.24, 2.45) is 0 Å². The van der Waals surface area contributed by atoms with Crippen molar-refractivity contribution in [1.82, 2.24) is 0 Å². The lowest BCUT2D eigenvalue weighted by Gasteiger charge is -2.45. The summed E-state index contributed by atoms with van der Waals surface area (Å²) in [5.41, 5.74) is 24.6. The minimum absolute atomic E-state index is 0.0847. The third-order valence-corrected chi connectivity index (χ3v) is 20.0. The fourth-order valence-electron chi connectivity index (χ4n) is 15.2. The Bertz CT molecular complexity index is 3050. The van der Waals surface area contributed by atoms with E-state index in [0.717, 1.165) is 0 Å². The molecule has 1 aromatic heterocycles. The molecule has 0 amide bonds. The van der Waals surface area contributed by atoms with E-state index in [0.29, 0.717) is 0 Å². The van der Waals surface area contributed by atoms with Crippen molar-refractivity contribution >= 4 is 78.0 Å². The van der Waals surface area contributed by atoms with Gasteiger partial charge in [0.05, 0.1) is 5.69 Å². The van der Waals surface area contributed by atoms with Crippen molar-refractivity contribution in [3.63, 3.8) is 0 Å². The van der Waals surface area contributed by atoms with E-state index in [4.69, 9.17) is 0 Å². The van der Waals surface area contributed by atoms with E-state index in [1.54, 1.807) is 22.3 Å². The number of anilines is 6. The SMILES string of the molecule is Cc1cc2c3c(c1)N(c1ccc4c(c1)C(C)(C)CCC4(C)C)c1c(sc4cc5c(cc14)C1(C)CCC5(C)C1)B3c1cc3c(cc1N2c1ccc(C(C)(C)C)cc1)C1(C)CCC3(C)C1. The highest BCUT2D eigenvalue weighted by molar-refractivity contribution is 7.33. The van der Waals surface area contributed by atoms with Crippen molar-refractivity contribution in [2.45, 2.75) is 172 Å². The first-order valence-electron chi connectivity index (χ1n) is 24.4. The summed E-state index contributed by atoms with van der Waals surface area (Å²) in [6.07, 6.45) is 10.1. The third kappa shape index (κ3) is 4.98. The van der Waals surface area contributed by atoms with E-state index >= 15 is 0 Å². The van der Waals surface area contributed by atoms with Crippen molar-refractivity contribution in [1.29, 1.82) is 0 Å². The largest absolute Gasteiger partial charge is 0.311 e. The molecule has 63 heavy (non-hydrogen) atoms. The lowest BCUT2D eigenvalue weighted by Crippen LogP contribution is -2.60. The molecule has 320 valence electrons. The minimum atomic E-state index is 0.0847. The lowest BCUT2D eigenvalue weighted by atomic mass is 9.36. The number of fused-ring (bicyclic) bond motifs is 17. The number of aryl methyl sites for hydroxylation is 1. The lowest BCUT2D eigenvalue weighted by molar-refractivity contribution is 0.332. The molecule has 4 unspecified atom stereocenters. The van der Waals surface area contributed by atoms with Gasteiger partial charge in [0.25, 0.3) is 6.71 Å². The summed E-state index contributed by atoms with van der Waals surface area (Å²) in [7, 11) is 0. The Labute approximate surface area is 381 Å². The number of rotatable bonds is 2. The fourth-order valence-corrected chi connectivity index (χ4v) is 16.5. The van der Waals surface area contributed by atoms with Crippen LogP contribution in [0.3, 0.4) is 0 Å². The zero-order valence-electron chi connectivity index (χ0n) is 40.0. The maximum atomic E-state index is 2.77. The van der Waals surface area contributed by atoms with Gasteiger partial charge in [0, 0.05) is 43.3 Å². The molecule has 5 aromatic carbocycles. The summed E-state index contributed by atoms with van der Waals surface area (Å²) in [5.74, 6) is 0. The maximum Gasteiger partial charge on any atom is 0.264 e. The average molecular weight is 845 g/mol. The van der Waals surface area contributed by atoms with E-state index in [1.165, 1.54) is 134 Å². The van der Waals surface area contributed by atoms with Crippen molar-refractivity contribution in [3.8, 4) is 0 Å². The zero-order chi connectivity index (χ0) is 43.8. The normalized spacial score (nSPS) is 28.5. The molecule has 3 heterocycles. The fraction of sp³-hybridized carbons (Fsp3) is 0.458. The summed E-state index contributed by atoms with van der Waals surface area (Å²) >= 11 is 2.11. The molecular weight excluding hydrogens is 780 g/mol. The molecule has 0 radical (unpaired) electrons. The van der Waals surface area contributed by atoms with Crippen LogP contribution in [-0.2, 0) is 37.9 Å². The Morgan fingerprint density at radius 3 is 1.68 bits per heavy atom. The average Bonchev–Trinajstić information content (AvgIpc) is 3.97. The number of hydrogen-bond donors (Lipinski definition) is 0. The molecule has 6 aromatic rings. The standard InChI is InChI=1S/C59H65BN2S/c1-34-25-47-50-48(26-34)62(37-17-18-39-40(27-37)55(7,8)20-19-54(39,5)6)51-38-28-41-44(59(12)24-21-56(41,9)32-59)31-49(38)63-52(51)60(50)45-29-42-43(58(11)23-22-57(42,10)33-58)30-46(45)61(47)36-15-13-35(14-16-36)53(2,3)4/h13-18,25-31H,19-24,32-33H2,1-12H3. The van der Waals surface area contributed by atoms with Gasteiger partial charge in [-0.25, -0.2) is 0 Å². The van der Waals surface area contributed by atoms with Crippen LogP contribution in [0.1, 0.15) is 172 Å². The van der Waals surface area contributed by atoms with Crippen LogP contribution in [0.5, 0.6) is 0 Å². The third-order valence-electron chi connectivity index (χ3n) is 18.8. The molecular formula is C59H65BN2S. The monoisotopic (exact) mass is 844 g/mol. The van der Waals surface area contributed by atoms with Crippen LogP contribution in [0.2, 0.25) is 0 Å². The molecule has 0 spiro atoms. The second-order valence-corrected chi connectivity index (χ2v) is 26.5. The smallest absolute Gasteiger partial charge is 0.264 e. The van der Waals surface area contributed by atoms with Crippen LogP contribution in [0.15, 0.2) is 78.9 Å². The van der Waals surface area contributed by atoms with Gasteiger partial charge in [-0.3, -0.25) is 0 Å². The van der Waals surface area contributed by atoms with Crippen LogP contribution >= 0.6 is 11.3 Å². The summed E-state index contributed by atoms with van der Waals surface area (Å²) in [6, 6.07) is 33.2. The van der Waals surface area contributed by atoms with Gasteiger partial charge in [-0.2, -0.15) is 0 Å². The van der Waals surface area contributed by atoms with E-state index in [-0.39, 0.29) is 44.6 Å². The predicted molar refractivity (Wildman–Crippen MR) is 272 cm³/mol. The van der Waals surface area contributed by atoms with Gasteiger partial charge in [-0.1, -0.05) is 100 Å². The van der Waals surface area contributed by atoms with Gasteiger partial charge in [0.2, 0.25) is 0 Å². The highest BCUT2D eigenvalue weighted by Crippen LogP contribution is 2.64. The second-order valence-electron chi connectivity index (χ2n) is 25.4. The minimum Gasteiger partial charge on any atom is -0.311 e. The first-order valence-corrected chi connectivity index (χ1v) is 25.2. The zero-order valence-corrected chi connectivity index (χ0v) is 40.9. The van der Waals surface area contributed by atoms with Gasteiger partial charge >= 0.3 is 0 Å². The Morgan fingerprint density at radius 2 is 1.06 bits per heavy atom. The number of nitrogens with zero attached hydrogens (tertiary/aromatic N) is 2. The summed E-state index contributed by atoms with van der Waals surface area (Å²) in [4.78, 5) is 5.45. The highest BCUT2D eigenvalue weighted by Gasteiger charge is 2.56. The van der Waals surface area contributed by atoms with E-state index in [9.17, 15) is 0 Å². The summed E-state index contributed by atoms with van der Waals surface area (Å²) in [5, 5.41) is 1.46. The molecule has 4 atom stereocenters. The maximum absolute atomic E-state index is 2.77. The molecule has 2 nitrogen and oxygen atoms in total. The molecule has 0 N–H and O–H groups in total. The number of benzene rings is 5. The van der Waals surface area contributed by atoms with Crippen molar-refractivity contribution < 1.29 is 0 Å². The van der Waals surface area contributed by atoms with E-state index < -0.39 is 0 Å². The Kier molecular flexibility index (Phi) is 7.30. The van der Waals surface area contributed by atoms with Crippen LogP contribution in [0.25, 0.3) is 10.1 Å². The summed E-state index contributed by atoms with van der Waals surface area (Å²) in [6.45, 7) is 29.7. The topological polar surface area (TPSA) is 6.48 Å².